The highest BCUT2D eigenvalue weighted by atomic mass is 16.7. The maximum atomic E-state index is 12.3. The third-order valence-electron chi connectivity index (χ3n) is 4.74. The lowest BCUT2D eigenvalue weighted by molar-refractivity contribution is -0.132. The minimum absolute atomic E-state index is 0.214. The molecule has 138 valence electrons. The molecule has 2 aliphatic rings. The summed E-state index contributed by atoms with van der Waals surface area (Å²) in [6.07, 6.45) is 1.11. The average Bonchev–Trinajstić information content (AvgIpc) is 3.07. The van der Waals surface area contributed by atoms with Gasteiger partial charge in [0, 0.05) is 32.7 Å². The molecule has 1 aromatic carbocycles. The third kappa shape index (κ3) is 5.09. The van der Waals surface area contributed by atoms with E-state index < -0.39 is 0 Å². The fourth-order valence-corrected chi connectivity index (χ4v) is 3.15. The Morgan fingerprint density at radius 3 is 2.68 bits per heavy atom. The summed E-state index contributed by atoms with van der Waals surface area (Å²) in [6, 6.07) is 6.11. The Labute approximate surface area is 150 Å². The molecule has 1 N–H and O–H groups in total. The molecule has 0 bridgehead atoms. The number of hydrogen-bond acceptors (Lipinski definition) is 5. The molecular formula is C19H29N3O3. The van der Waals surface area contributed by atoms with Gasteiger partial charge in [0.1, 0.15) is 0 Å². The minimum atomic E-state index is 0.214. The van der Waals surface area contributed by atoms with Crippen LogP contribution < -0.4 is 14.8 Å². The topological polar surface area (TPSA) is 54.0 Å². The van der Waals surface area contributed by atoms with Crippen LogP contribution in [-0.4, -0.2) is 61.8 Å². The van der Waals surface area contributed by atoms with E-state index >= 15 is 0 Å². The average molecular weight is 347 g/mol. The lowest BCUT2D eigenvalue weighted by Crippen LogP contribution is -2.50. The van der Waals surface area contributed by atoms with Crippen molar-refractivity contribution in [2.75, 3.05) is 46.1 Å². The molecule has 0 aliphatic carbocycles. The Morgan fingerprint density at radius 1 is 1.16 bits per heavy atom. The van der Waals surface area contributed by atoms with E-state index in [2.05, 4.69) is 36.2 Å². The van der Waals surface area contributed by atoms with E-state index in [1.807, 2.05) is 11.0 Å². The van der Waals surface area contributed by atoms with Crippen molar-refractivity contribution < 1.29 is 14.3 Å². The van der Waals surface area contributed by atoms with Gasteiger partial charge in [0.15, 0.2) is 11.5 Å². The van der Waals surface area contributed by atoms with Gasteiger partial charge in [0.2, 0.25) is 12.7 Å². The van der Waals surface area contributed by atoms with E-state index in [0.717, 1.165) is 57.2 Å². The number of ether oxygens (including phenoxy) is 2. The molecule has 2 heterocycles. The van der Waals surface area contributed by atoms with Crippen LogP contribution in [0.15, 0.2) is 18.2 Å². The van der Waals surface area contributed by atoms with Gasteiger partial charge >= 0.3 is 0 Å². The van der Waals surface area contributed by atoms with Crippen LogP contribution in [0, 0.1) is 5.92 Å². The van der Waals surface area contributed by atoms with Crippen LogP contribution in [0.5, 0.6) is 11.5 Å². The molecule has 0 atom stereocenters. The lowest BCUT2D eigenvalue weighted by atomic mass is 10.1. The van der Waals surface area contributed by atoms with E-state index in [-0.39, 0.29) is 5.91 Å². The number of carbonyl (C=O) groups is 1. The number of nitrogens with one attached hydrogen (secondary N) is 1. The van der Waals surface area contributed by atoms with E-state index in [0.29, 0.717) is 19.3 Å². The Hall–Kier alpha value is -1.79. The molecule has 6 nitrogen and oxygen atoms in total. The van der Waals surface area contributed by atoms with Gasteiger partial charge in [0.05, 0.1) is 6.54 Å². The predicted octanol–water partition coefficient (Wildman–Crippen LogP) is 1.70. The van der Waals surface area contributed by atoms with Crippen molar-refractivity contribution in [2.45, 2.75) is 26.8 Å². The highest BCUT2D eigenvalue weighted by molar-refractivity contribution is 5.78. The number of piperazine rings is 1. The molecule has 0 radical (unpaired) electrons. The normalized spacial score (nSPS) is 17.3. The molecule has 0 aromatic heterocycles. The molecule has 3 rings (SSSR count). The van der Waals surface area contributed by atoms with Gasteiger partial charge in [-0.05, 0) is 36.6 Å². The molecule has 0 spiro atoms. The number of fused-ring (bicyclic) bond motifs is 1. The molecule has 1 fully saturated rings. The standard InChI is InChI=1S/C19H29N3O3/c1-15(2)5-6-20-12-19(23)22-9-7-21(8-10-22)13-16-3-4-17-18(11-16)25-14-24-17/h3-4,11,15,20H,5-10,12-14H2,1-2H3. The van der Waals surface area contributed by atoms with Crippen LogP contribution in [0.25, 0.3) is 0 Å². The van der Waals surface area contributed by atoms with Crippen LogP contribution >= 0.6 is 0 Å². The fraction of sp³-hybridized carbons (Fsp3) is 0.632. The maximum Gasteiger partial charge on any atom is 0.236 e. The summed E-state index contributed by atoms with van der Waals surface area (Å²) in [5.74, 6) is 2.54. The van der Waals surface area contributed by atoms with E-state index in [9.17, 15) is 4.79 Å². The second-order valence-electron chi connectivity index (χ2n) is 7.20. The number of carbonyl (C=O) groups excluding carboxylic acids is 1. The first-order valence-electron chi connectivity index (χ1n) is 9.21. The molecule has 0 saturated carbocycles. The molecule has 1 saturated heterocycles. The van der Waals surface area contributed by atoms with E-state index in [1.54, 1.807) is 0 Å². The van der Waals surface area contributed by atoms with Gasteiger partial charge in [-0.1, -0.05) is 19.9 Å². The van der Waals surface area contributed by atoms with Crippen LogP contribution in [0.3, 0.4) is 0 Å². The zero-order chi connectivity index (χ0) is 17.6. The summed E-state index contributed by atoms with van der Waals surface area (Å²) in [6.45, 7) is 10.4. The highest BCUT2D eigenvalue weighted by Gasteiger charge is 2.21. The summed E-state index contributed by atoms with van der Waals surface area (Å²) in [5, 5.41) is 3.26. The Kier molecular flexibility index (Phi) is 6.15. The Balaban J connectivity index is 1.39. The lowest BCUT2D eigenvalue weighted by Gasteiger charge is -2.34. The summed E-state index contributed by atoms with van der Waals surface area (Å²) >= 11 is 0. The second-order valence-corrected chi connectivity index (χ2v) is 7.20. The van der Waals surface area contributed by atoms with Crippen molar-refractivity contribution in [3.05, 3.63) is 23.8 Å². The van der Waals surface area contributed by atoms with Crippen molar-refractivity contribution >= 4 is 5.91 Å². The molecular weight excluding hydrogens is 318 g/mol. The van der Waals surface area contributed by atoms with Crippen LogP contribution in [0.4, 0.5) is 0 Å². The third-order valence-corrected chi connectivity index (χ3v) is 4.74. The van der Waals surface area contributed by atoms with Gasteiger partial charge in [-0.2, -0.15) is 0 Å². The van der Waals surface area contributed by atoms with Crippen molar-refractivity contribution in [1.29, 1.82) is 0 Å². The smallest absolute Gasteiger partial charge is 0.236 e. The summed E-state index contributed by atoms with van der Waals surface area (Å²) in [7, 11) is 0. The molecule has 2 aliphatic heterocycles. The van der Waals surface area contributed by atoms with Crippen LogP contribution in [0.2, 0.25) is 0 Å². The molecule has 25 heavy (non-hydrogen) atoms. The highest BCUT2D eigenvalue weighted by Crippen LogP contribution is 2.32. The van der Waals surface area contributed by atoms with Gasteiger partial charge in [0.25, 0.3) is 0 Å². The van der Waals surface area contributed by atoms with Crippen molar-refractivity contribution in [3.8, 4) is 11.5 Å². The van der Waals surface area contributed by atoms with Crippen LogP contribution in [-0.2, 0) is 11.3 Å². The first kappa shape index (κ1) is 18.0. The minimum Gasteiger partial charge on any atom is -0.454 e. The van der Waals surface area contributed by atoms with Gasteiger partial charge in [-0.15, -0.1) is 0 Å². The van der Waals surface area contributed by atoms with Gasteiger partial charge < -0.3 is 19.7 Å². The van der Waals surface area contributed by atoms with Crippen LogP contribution in [0.1, 0.15) is 25.8 Å². The number of amides is 1. The Bertz CT molecular complexity index is 583. The van der Waals surface area contributed by atoms with Crippen molar-refractivity contribution in [3.63, 3.8) is 0 Å². The number of benzene rings is 1. The quantitative estimate of drug-likeness (QED) is 0.761. The fourth-order valence-electron chi connectivity index (χ4n) is 3.15. The maximum absolute atomic E-state index is 12.3. The van der Waals surface area contributed by atoms with E-state index in [4.69, 9.17) is 9.47 Å². The Morgan fingerprint density at radius 2 is 1.92 bits per heavy atom. The first-order valence-corrected chi connectivity index (χ1v) is 9.21. The molecule has 1 aromatic rings. The van der Waals surface area contributed by atoms with Gasteiger partial charge in [-0.25, -0.2) is 0 Å². The summed E-state index contributed by atoms with van der Waals surface area (Å²) in [4.78, 5) is 16.6. The number of hydrogen-bond donors (Lipinski definition) is 1. The predicted molar refractivity (Wildman–Crippen MR) is 96.7 cm³/mol. The van der Waals surface area contributed by atoms with Gasteiger partial charge in [-0.3, -0.25) is 9.69 Å². The summed E-state index contributed by atoms with van der Waals surface area (Å²) in [5.41, 5.74) is 1.22. The largest absolute Gasteiger partial charge is 0.454 e. The van der Waals surface area contributed by atoms with Crippen molar-refractivity contribution in [2.24, 2.45) is 5.92 Å². The number of rotatable bonds is 7. The monoisotopic (exact) mass is 347 g/mol. The molecule has 6 heteroatoms. The summed E-state index contributed by atoms with van der Waals surface area (Å²) < 4.78 is 10.8. The first-order chi connectivity index (χ1) is 12.1. The second kappa shape index (κ2) is 8.54. The zero-order valence-electron chi connectivity index (χ0n) is 15.3. The van der Waals surface area contributed by atoms with E-state index in [1.165, 1.54) is 5.56 Å². The molecule has 1 amide bonds. The van der Waals surface area contributed by atoms with Crippen molar-refractivity contribution in [1.82, 2.24) is 15.1 Å². The molecule has 0 unspecified atom stereocenters. The number of nitrogens with zero attached hydrogens (tertiary/aromatic N) is 2. The zero-order valence-corrected chi connectivity index (χ0v) is 15.3. The SMILES string of the molecule is CC(C)CCNCC(=O)N1CCN(Cc2ccc3c(c2)OCO3)CC1.